The van der Waals surface area contributed by atoms with Gasteiger partial charge in [0.05, 0.1) is 13.0 Å². The van der Waals surface area contributed by atoms with E-state index in [0.717, 1.165) is 6.92 Å². The lowest BCUT2D eigenvalue weighted by atomic mass is 10.1. The van der Waals surface area contributed by atoms with Gasteiger partial charge in [-0.15, -0.1) is 0 Å². The van der Waals surface area contributed by atoms with Crippen molar-refractivity contribution in [1.82, 2.24) is 0 Å². The van der Waals surface area contributed by atoms with E-state index >= 15 is 0 Å². The summed E-state index contributed by atoms with van der Waals surface area (Å²) >= 11 is 0. The van der Waals surface area contributed by atoms with Crippen LogP contribution in [0.3, 0.4) is 0 Å². The minimum Gasteiger partial charge on any atom is -0.459 e. The monoisotopic (exact) mass is 370 g/mol. The molecule has 1 aliphatic carbocycles. The van der Waals surface area contributed by atoms with Gasteiger partial charge in [-0.1, -0.05) is 6.58 Å². The highest BCUT2D eigenvalue weighted by atomic mass is 32.2. The van der Waals surface area contributed by atoms with E-state index in [1.54, 1.807) is 0 Å². The zero-order chi connectivity index (χ0) is 18.7. The largest absolute Gasteiger partial charge is 0.459 e. The Hall–Kier alpha value is -1.55. The van der Waals surface area contributed by atoms with Crippen molar-refractivity contribution in [3.63, 3.8) is 0 Å². The van der Waals surface area contributed by atoms with E-state index in [0.29, 0.717) is 13.5 Å². The Morgan fingerprint density at radius 2 is 1.88 bits per heavy atom. The Morgan fingerprint density at radius 1 is 1.29 bits per heavy atom. The van der Waals surface area contributed by atoms with Gasteiger partial charge in [0.1, 0.15) is 6.10 Å². The maximum Gasteiger partial charge on any atom is 0.405 e. The lowest BCUT2D eigenvalue weighted by molar-refractivity contribution is -0.165. The number of rotatable bonds is 7. The highest BCUT2D eigenvalue weighted by Crippen LogP contribution is 2.33. The van der Waals surface area contributed by atoms with Crippen LogP contribution in [0, 0.1) is 5.92 Å². The first-order valence-electron chi connectivity index (χ1n) is 7.17. The van der Waals surface area contributed by atoms with Gasteiger partial charge in [-0.05, 0) is 33.1 Å². The Bertz CT molecular complexity index is 615. The molecule has 0 spiro atoms. The Balaban J connectivity index is 2.64. The molecule has 1 rings (SSSR count). The van der Waals surface area contributed by atoms with Crippen LogP contribution in [0.15, 0.2) is 12.2 Å². The summed E-state index contributed by atoms with van der Waals surface area (Å²) in [4.78, 5) is 23.3. The molecule has 0 aromatic rings. The molecule has 0 amide bonds. The van der Waals surface area contributed by atoms with Gasteiger partial charge in [0.15, 0.2) is 6.10 Å². The smallest absolute Gasteiger partial charge is 0.405 e. The predicted octanol–water partition coefficient (Wildman–Crippen LogP) is 1.78. The molecule has 1 fully saturated rings. The second-order valence-electron chi connectivity index (χ2n) is 5.58. The lowest BCUT2D eigenvalue weighted by Crippen LogP contribution is -2.43. The van der Waals surface area contributed by atoms with Crippen LogP contribution < -0.4 is 0 Å². The van der Waals surface area contributed by atoms with E-state index in [9.17, 15) is 26.8 Å². The summed E-state index contributed by atoms with van der Waals surface area (Å²) in [7, 11) is -4.60. The average molecular weight is 370 g/mol. The molecule has 0 N–H and O–H groups in total. The van der Waals surface area contributed by atoms with Crippen molar-refractivity contribution in [3.8, 4) is 0 Å². The topological polar surface area (TPSA) is 96.0 Å². The molecule has 7 nitrogen and oxygen atoms in total. The Kier molecular flexibility index (Phi) is 6.45. The fourth-order valence-electron chi connectivity index (χ4n) is 2.17. The maximum absolute atomic E-state index is 13.7. The van der Waals surface area contributed by atoms with Gasteiger partial charge in [0.2, 0.25) is 0 Å². The number of esters is 2. The summed E-state index contributed by atoms with van der Waals surface area (Å²) in [5.74, 6) is -2.32. The third-order valence-electron chi connectivity index (χ3n) is 3.66. The Morgan fingerprint density at radius 3 is 2.38 bits per heavy atom. The molecule has 0 aliphatic heterocycles. The van der Waals surface area contributed by atoms with Gasteiger partial charge in [0.25, 0.3) is 0 Å². The van der Waals surface area contributed by atoms with Crippen molar-refractivity contribution < 1.29 is 40.4 Å². The molecule has 0 heterocycles. The molecule has 10 heteroatoms. The number of halogens is 2. The third-order valence-corrected chi connectivity index (χ3v) is 5.10. The van der Waals surface area contributed by atoms with Gasteiger partial charge >= 0.3 is 27.3 Å². The van der Waals surface area contributed by atoms with E-state index in [2.05, 4.69) is 15.5 Å². The van der Waals surface area contributed by atoms with Crippen LogP contribution in [0.25, 0.3) is 0 Å². The van der Waals surface area contributed by atoms with Crippen molar-refractivity contribution >= 4 is 22.1 Å². The molecule has 0 radical (unpaired) electrons. The molecule has 0 aromatic heterocycles. The predicted molar refractivity (Wildman–Crippen MR) is 78.5 cm³/mol. The highest BCUT2D eigenvalue weighted by molar-refractivity contribution is 7.87. The normalized spacial score (nSPS) is 22.7. The van der Waals surface area contributed by atoms with Crippen molar-refractivity contribution in [3.05, 3.63) is 12.2 Å². The molecule has 24 heavy (non-hydrogen) atoms. The number of ether oxygens (including phenoxy) is 2. The number of hydrogen-bond donors (Lipinski definition) is 0. The summed E-state index contributed by atoms with van der Waals surface area (Å²) < 4.78 is 63.2. The van der Waals surface area contributed by atoms with Crippen LogP contribution in [-0.2, 0) is 33.4 Å². The molecule has 0 aromatic carbocycles. The van der Waals surface area contributed by atoms with Crippen LogP contribution in [0.1, 0.15) is 33.1 Å². The van der Waals surface area contributed by atoms with E-state index < -0.39 is 45.4 Å². The first kappa shape index (κ1) is 20.5. The zero-order valence-electron chi connectivity index (χ0n) is 13.6. The standard InChI is InChI=1S/C14H20F2O7S/c1-8(2)12(17)23-11-6-5-10(7-11)13(18)22-9(3)14(15,16)24(19,20)21-4/h9-11H,1,5-7H2,2-4H3. The summed E-state index contributed by atoms with van der Waals surface area (Å²) in [5, 5.41) is -4.37. The fourth-order valence-corrected chi connectivity index (χ4v) is 2.84. The van der Waals surface area contributed by atoms with Gasteiger partial charge in [-0.25, -0.2) is 4.79 Å². The number of hydrogen-bond acceptors (Lipinski definition) is 7. The first-order chi connectivity index (χ1) is 10.9. The third kappa shape index (κ3) is 4.50. The fraction of sp³-hybridized carbons (Fsp3) is 0.714. The van der Waals surface area contributed by atoms with Crippen molar-refractivity contribution in [2.75, 3.05) is 7.11 Å². The van der Waals surface area contributed by atoms with Gasteiger partial charge in [-0.2, -0.15) is 17.2 Å². The summed E-state index contributed by atoms with van der Waals surface area (Å²) in [6, 6.07) is 0. The summed E-state index contributed by atoms with van der Waals surface area (Å²) in [6.07, 6.45) is -1.98. The minimum absolute atomic E-state index is 0.118. The van der Waals surface area contributed by atoms with Crippen LogP contribution in [0.2, 0.25) is 0 Å². The number of carbonyl (C=O) groups is 2. The van der Waals surface area contributed by atoms with E-state index in [1.807, 2.05) is 0 Å². The lowest BCUT2D eigenvalue weighted by Gasteiger charge is -2.23. The molecular weight excluding hydrogens is 350 g/mol. The van der Waals surface area contributed by atoms with E-state index in [1.165, 1.54) is 6.92 Å². The van der Waals surface area contributed by atoms with Crippen molar-refractivity contribution in [1.29, 1.82) is 0 Å². The summed E-state index contributed by atoms with van der Waals surface area (Å²) in [6.45, 7) is 5.67. The molecule has 0 saturated heterocycles. The second-order valence-corrected chi connectivity index (χ2v) is 7.37. The quantitative estimate of drug-likeness (QED) is 0.383. The van der Waals surface area contributed by atoms with Crippen LogP contribution in [0.5, 0.6) is 0 Å². The van der Waals surface area contributed by atoms with Crippen molar-refractivity contribution in [2.24, 2.45) is 5.92 Å². The minimum atomic E-state index is -5.19. The zero-order valence-corrected chi connectivity index (χ0v) is 14.4. The highest BCUT2D eigenvalue weighted by Gasteiger charge is 2.53. The maximum atomic E-state index is 13.7. The molecule has 1 saturated carbocycles. The first-order valence-corrected chi connectivity index (χ1v) is 8.58. The van der Waals surface area contributed by atoms with Crippen LogP contribution in [0.4, 0.5) is 8.78 Å². The van der Waals surface area contributed by atoms with E-state index in [4.69, 9.17) is 4.74 Å². The number of carbonyl (C=O) groups excluding carboxylic acids is 2. The molecule has 138 valence electrons. The molecule has 3 unspecified atom stereocenters. The molecule has 3 atom stereocenters. The Labute approximate surface area is 139 Å². The molecule has 1 aliphatic rings. The summed E-state index contributed by atoms with van der Waals surface area (Å²) in [5.41, 5.74) is 0.207. The van der Waals surface area contributed by atoms with Crippen molar-refractivity contribution in [2.45, 2.75) is 50.6 Å². The SMILES string of the molecule is C=C(C)C(=O)OC1CCC(C(=O)OC(C)C(F)(F)S(=O)(=O)OC)C1. The van der Waals surface area contributed by atoms with Crippen LogP contribution in [-0.4, -0.2) is 44.9 Å². The van der Waals surface area contributed by atoms with Gasteiger partial charge in [0, 0.05) is 5.57 Å². The van der Waals surface area contributed by atoms with Gasteiger partial charge < -0.3 is 9.47 Å². The van der Waals surface area contributed by atoms with E-state index in [-0.39, 0.29) is 18.4 Å². The number of alkyl halides is 2. The molecular formula is C14H20F2O7S. The molecule has 0 bridgehead atoms. The average Bonchev–Trinajstić information content (AvgIpc) is 2.95. The van der Waals surface area contributed by atoms with Gasteiger partial charge in [-0.3, -0.25) is 8.98 Å². The second kappa shape index (κ2) is 7.56. The van der Waals surface area contributed by atoms with Crippen LogP contribution >= 0.6 is 0 Å².